The van der Waals surface area contributed by atoms with Gasteiger partial charge in [-0.1, -0.05) is 12.1 Å². The van der Waals surface area contributed by atoms with E-state index in [0.29, 0.717) is 12.6 Å². The van der Waals surface area contributed by atoms with Crippen molar-refractivity contribution in [2.45, 2.75) is 26.8 Å². The van der Waals surface area contributed by atoms with E-state index < -0.39 is 0 Å². The third-order valence-corrected chi connectivity index (χ3v) is 2.84. The number of benzene rings is 1. The van der Waals surface area contributed by atoms with Crippen LogP contribution in [0.3, 0.4) is 0 Å². The van der Waals surface area contributed by atoms with Gasteiger partial charge in [0.1, 0.15) is 0 Å². The van der Waals surface area contributed by atoms with E-state index in [0.717, 1.165) is 17.9 Å². The van der Waals surface area contributed by atoms with E-state index in [2.05, 4.69) is 31.7 Å². The van der Waals surface area contributed by atoms with Crippen LogP contribution < -0.4 is 10.6 Å². The van der Waals surface area contributed by atoms with Crippen molar-refractivity contribution in [2.75, 3.05) is 30.9 Å². The van der Waals surface area contributed by atoms with Crippen molar-refractivity contribution in [3.63, 3.8) is 0 Å². The number of methoxy groups -OCH3 is 1. The quantitative estimate of drug-likeness (QED) is 0.778. The number of nitrogen functional groups attached to an aromatic ring is 1. The van der Waals surface area contributed by atoms with Gasteiger partial charge in [-0.3, -0.25) is 0 Å². The molecule has 0 amide bonds. The van der Waals surface area contributed by atoms with Crippen molar-refractivity contribution >= 4 is 11.4 Å². The zero-order valence-corrected chi connectivity index (χ0v) is 10.7. The largest absolute Gasteiger partial charge is 0.397 e. The first-order chi connectivity index (χ1) is 7.61. The maximum atomic E-state index is 6.05. The number of likely N-dealkylation sites (N-methyl/N-ethyl adjacent to an activating group) is 1. The summed E-state index contributed by atoms with van der Waals surface area (Å²) in [4.78, 5) is 2.29. The Balaban J connectivity index is 3.03. The molecule has 0 aliphatic heterocycles. The molecule has 0 saturated carbocycles. The number of anilines is 2. The summed E-state index contributed by atoms with van der Waals surface area (Å²) in [7, 11) is 1.73. The van der Waals surface area contributed by atoms with E-state index in [-0.39, 0.29) is 0 Å². The maximum absolute atomic E-state index is 6.05. The number of hydrogen-bond acceptors (Lipinski definition) is 3. The third-order valence-electron chi connectivity index (χ3n) is 2.84. The molecule has 1 unspecified atom stereocenters. The van der Waals surface area contributed by atoms with Gasteiger partial charge in [-0.2, -0.15) is 0 Å². The van der Waals surface area contributed by atoms with Crippen LogP contribution in [-0.2, 0) is 4.74 Å². The highest BCUT2D eigenvalue weighted by Gasteiger charge is 2.16. The molecule has 0 radical (unpaired) electrons. The smallest absolute Gasteiger partial charge is 0.0663 e. The number of nitrogens with two attached hydrogens (primary N) is 1. The molecular formula is C13H22N2O. The highest BCUT2D eigenvalue weighted by atomic mass is 16.5. The molecule has 1 rings (SSSR count). The van der Waals surface area contributed by atoms with E-state index in [1.807, 2.05) is 12.1 Å². The second-order valence-electron chi connectivity index (χ2n) is 4.10. The predicted octanol–water partition coefficient (Wildman–Crippen LogP) is 2.44. The Labute approximate surface area is 98.2 Å². The molecule has 0 spiro atoms. The number of nitrogens with zero attached hydrogens (tertiary/aromatic N) is 1. The molecule has 1 aromatic carbocycles. The zero-order chi connectivity index (χ0) is 12.1. The Morgan fingerprint density at radius 3 is 2.62 bits per heavy atom. The number of rotatable bonds is 5. The second-order valence-corrected chi connectivity index (χ2v) is 4.10. The summed E-state index contributed by atoms with van der Waals surface area (Å²) >= 11 is 0. The van der Waals surface area contributed by atoms with Crippen LogP contribution >= 0.6 is 0 Å². The summed E-state index contributed by atoms with van der Waals surface area (Å²) in [6.45, 7) is 8.02. The van der Waals surface area contributed by atoms with Crippen molar-refractivity contribution < 1.29 is 4.74 Å². The van der Waals surface area contributed by atoms with Crippen LogP contribution in [0, 0.1) is 6.92 Å². The third kappa shape index (κ3) is 2.67. The normalized spacial score (nSPS) is 12.5. The minimum atomic E-state index is 0.332. The summed E-state index contributed by atoms with van der Waals surface area (Å²) < 4.78 is 5.21. The SMILES string of the molecule is CCN(c1c(C)cccc1N)C(C)COC. The molecule has 0 heterocycles. The van der Waals surface area contributed by atoms with Crippen molar-refractivity contribution in [1.29, 1.82) is 0 Å². The summed E-state index contributed by atoms with van der Waals surface area (Å²) in [5.74, 6) is 0. The van der Waals surface area contributed by atoms with Gasteiger partial charge >= 0.3 is 0 Å². The lowest BCUT2D eigenvalue weighted by Gasteiger charge is -2.32. The Bertz CT molecular complexity index is 318. The Morgan fingerprint density at radius 2 is 2.12 bits per heavy atom. The summed E-state index contributed by atoms with van der Waals surface area (Å²) in [5, 5.41) is 0. The summed E-state index contributed by atoms with van der Waals surface area (Å²) in [6, 6.07) is 6.36. The van der Waals surface area contributed by atoms with Gasteiger partial charge in [-0.25, -0.2) is 0 Å². The van der Waals surface area contributed by atoms with Crippen LogP contribution in [0.1, 0.15) is 19.4 Å². The van der Waals surface area contributed by atoms with Crippen LogP contribution in [-0.4, -0.2) is 26.3 Å². The molecule has 3 nitrogen and oxygen atoms in total. The zero-order valence-electron chi connectivity index (χ0n) is 10.7. The average molecular weight is 222 g/mol. The van der Waals surface area contributed by atoms with E-state index >= 15 is 0 Å². The van der Waals surface area contributed by atoms with E-state index in [4.69, 9.17) is 10.5 Å². The van der Waals surface area contributed by atoms with E-state index in [1.54, 1.807) is 7.11 Å². The minimum Gasteiger partial charge on any atom is -0.397 e. The Kier molecular flexibility index (Phi) is 4.62. The molecule has 90 valence electrons. The van der Waals surface area contributed by atoms with Gasteiger partial charge in [0, 0.05) is 19.7 Å². The standard InChI is InChI=1S/C13H22N2O/c1-5-15(11(3)9-16-4)13-10(2)7-6-8-12(13)14/h6-8,11H,5,9,14H2,1-4H3. The molecule has 0 saturated heterocycles. The fraction of sp³-hybridized carbons (Fsp3) is 0.538. The number of para-hydroxylation sites is 1. The van der Waals surface area contributed by atoms with E-state index in [1.165, 1.54) is 5.56 Å². The first-order valence-electron chi connectivity index (χ1n) is 5.72. The number of ether oxygens (including phenoxy) is 1. The van der Waals surface area contributed by atoms with Gasteiger partial charge in [0.25, 0.3) is 0 Å². The Morgan fingerprint density at radius 1 is 1.44 bits per heavy atom. The molecule has 0 bridgehead atoms. The fourth-order valence-electron chi connectivity index (χ4n) is 2.10. The molecular weight excluding hydrogens is 200 g/mol. The van der Waals surface area contributed by atoms with Gasteiger partial charge in [0.05, 0.1) is 18.0 Å². The number of hydrogen-bond donors (Lipinski definition) is 1. The average Bonchev–Trinajstić information content (AvgIpc) is 2.24. The van der Waals surface area contributed by atoms with Crippen LogP contribution in [0.5, 0.6) is 0 Å². The van der Waals surface area contributed by atoms with Crippen LogP contribution in [0.15, 0.2) is 18.2 Å². The van der Waals surface area contributed by atoms with Crippen molar-refractivity contribution in [2.24, 2.45) is 0 Å². The monoisotopic (exact) mass is 222 g/mol. The second kappa shape index (κ2) is 5.75. The molecule has 0 fully saturated rings. The first-order valence-corrected chi connectivity index (χ1v) is 5.72. The molecule has 2 N–H and O–H groups in total. The molecule has 0 aliphatic rings. The summed E-state index contributed by atoms with van der Waals surface area (Å²) in [6.07, 6.45) is 0. The maximum Gasteiger partial charge on any atom is 0.0663 e. The lowest BCUT2D eigenvalue weighted by Crippen LogP contribution is -2.37. The Hall–Kier alpha value is -1.22. The molecule has 0 aliphatic carbocycles. The molecule has 0 aromatic heterocycles. The lowest BCUT2D eigenvalue weighted by molar-refractivity contribution is 0.182. The van der Waals surface area contributed by atoms with Crippen molar-refractivity contribution in [3.05, 3.63) is 23.8 Å². The van der Waals surface area contributed by atoms with Crippen LogP contribution in [0.2, 0.25) is 0 Å². The van der Waals surface area contributed by atoms with Gasteiger partial charge in [0.2, 0.25) is 0 Å². The molecule has 3 heteroatoms. The predicted molar refractivity (Wildman–Crippen MR) is 69.9 cm³/mol. The van der Waals surface area contributed by atoms with Gasteiger partial charge in [-0.15, -0.1) is 0 Å². The van der Waals surface area contributed by atoms with Crippen molar-refractivity contribution in [1.82, 2.24) is 0 Å². The molecule has 1 atom stereocenters. The van der Waals surface area contributed by atoms with Crippen LogP contribution in [0.25, 0.3) is 0 Å². The minimum absolute atomic E-state index is 0.332. The van der Waals surface area contributed by atoms with Gasteiger partial charge < -0.3 is 15.4 Å². The highest BCUT2D eigenvalue weighted by Crippen LogP contribution is 2.28. The first kappa shape index (κ1) is 12.8. The lowest BCUT2D eigenvalue weighted by atomic mass is 10.1. The molecule has 1 aromatic rings. The topological polar surface area (TPSA) is 38.5 Å². The highest BCUT2D eigenvalue weighted by molar-refractivity contribution is 5.71. The van der Waals surface area contributed by atoms with Crippen molar-refractivity contribution in [3.8, 4) is 0 Å². The fourth-order valence-corrected chi connectivity index (χ4v) is 2.10. The summed E-state index contributed by atoms with van der Waals surface area (Å²) in [5.41, 5.74) is 9.23. The van der Waals surface area contributed by atoms with Gasteiger partial charge in [-0.05, 0) is 32.4 Å². The van der Waals surface area contributed by atoms with Crippen LogP contribution in [0.4, 0.5) is 11.4 Å². The van der Waals surface area contributed by atoms with Gasteiger partial charge in [0.15, 0.2) is 0 Å². The number of aryl methyl sites for hydroxylation is 1. The van der Waals surface area contributed by atoms with E-state index in [9.17, 15) is 0 Å². The molecule has 16 heavy (non-hydrogen) atoms.